The molecule has 0 saturated carbocycles. The summed E-state index contributed by atoms with van der Waals surface area (Å²) in [5, 5.41) is 26.2. The van der Waals surface area contributed by atoms with Crippen molar-refractivity contribution in [2.24, 2.45) is 0 Å². The molecule has 0 radical (unpaired) electrons. The van der Waals surface area contributed by atoms with Gasteiger partial charge in [-0.15, -0.1) is 0 Å². The van der Waals surface area contributed by atoms with E-state index in [9.17, 15) is 10.2 Å². The second kappa shape index (κ2) is 8.41. The molecule has 2 heterocycles. The van der Waals surface area contributed by atoms with E-state index in [4.69, 9.17) is 11.6 Å². The van der Waals surface area contributed by atoms with E-state index >= 15 is 0 Å². The number of nitrogens with one attached hydrogen (secondary N) is 2. The smallest absolute Gasteiger partial charge is 0.227 e. The molecule has 144 valence electrons. The number of phenols is 1. The Balaban J connectivity index is 1.94. The second-order valence-corrected chi connectivity index (χ2v) is 6.54. The zero-order valence-electron chi connectivity index (χ0n) is 15.3. The number of fused-ring (bicyclic) bond motifs is 1. The Bertz CT molecular complexity index is 926. The number of hydrogen-bond donors (Lipinski definition) is 4. The Kier molecular flexibility index (Phi) is 5.98. The third kappa shape index (κ3) is 4.06. The van der Waals surface area contributed by atoms with Gasteiger partial charge >= 0.3 is 0 Å². The van der Waals surface area contributed by atoms with Crippen molar-refractivity contribution in [3.63, 3.8) is 0 Å². The molecule has 0 aliphatic rings. The molecule has 1 unspecified atom stereocenters. The third-order valence-corrected chi connectivity index (χ3v) is 4.67. The fourth-order valence-corrected chi connectivity index (χ4v) is 2.90. The van der Waals surface area contributed by atoms with E-state index in [0.29, 0.717) is 40.1 Å². The topological polar surface area (TPSA) is 108 Å². The number of anilines is 2. The summed E-state index contributed by atoms with van der Waals surface area (Å²) in [6.07, 6.45) is 2.46. The average molecular weight is 391 g/mol. The quantitative estimate of drug-likeness (QED) is 0.468. The first kappa shape index (κ1) is 19.2. The Morgan fingerprint density at radius 2 is 2.07 bits per heavy atom. The van der Waals surface area contributed by atoms with Crippen LogP contribution in [0.4, 0.5) is 11.8 Å². The SMILES string of the molecule is CCC(CO)Nc1nc(NCc2cccc(Cl)c2O)c2ncn(CC)c2n1. The van der Waals surface area contributed by atoms with Gasteiger partial charge in [0.2, 0.25) is 5.95 Å². The summed E-state index contributed by atoms with van der Waals surface area (Å²) >= 11 is 5.97. The molecule has 1 aromatic carbocycles. The molecule has 0 amide bonds. The van der Waals surface area contributed by atoms with E-state index < -0.39 is 0 Å². The maximum absolute atomic E-state index is 10.1. The van der Waals surface area contributed by atoms with Gasteiger partial charge in [-0.05, 0) is 19.4 Å². The van der Waals surface area contributed by atoms with Gasteiger partial charge in [0.1, 0.15) is 5.75 Å². The van der Waals surface area contributed by atoms with E-state index in [2.05, 4.69) is 25.6 Å². The van der Waals surface area contributed by atoms with E-state index in [1.807, 2.05) is 18.4 Å². The summed E-state index contributed by atoms with van der Waals surface area (Å²) in [6, 6.07) is 5.06. The van der Waals surface area contributed by atoms with Crippen molar-refractivity contribution in [3.8, 4) is 5.75 Å². The van der Waals surface area contributed by atoms with Crippen LogP contribution < -0.4 is 10.6 Å². The molecule has 2 aromatic heterocycles. The molecule has 9 heteroatoms. The first-order chi connectivity index (χ1) is 13.1. The van der Waals surface area contributed by atoms with Crippen LogP contribution in [-0.4, -0.2) is 42.4 Å². The highest BCUT2D eigenvalue weighted by molar-refractivity contribution is 6.32. The van der Waals surface area contributed by atoms with Gasteiger partial charge in [-0.2, -0.15) is 9.97 Å². The lowest BCUT2D eigenvalue weighted by atomic mass is 10.2. The molecule has 0 aliphatic carbocycles. The van der Waals surface area contributed by atoms with Gasteiger partial charge in [0.15, 0.2) is 17.0 Å². The number of benzene rings is 1. The molecular weight excluding hydrogens is 368 g/mol. The molecule has 3 rings (SSSR count). The van der Waals surface area contributed by atoms with Gasteiger partial charge in [0, 0.05) is 18.7 Å². The van der Waals surface area contributed by atoms with E-state index in [0.717, 1.165) is 13.0 Å². The number of aromatic hydroxyl groups is 1. The molecular formula is C18H23ClN6O2. The maximum atomic E-state index is 10.1. The minimum Gasteiger partial charge on any atom is -0.506 e. The fraction of sp³-hybridized carbons (Fsp3) is 0.389. The minimum absolute atomic E-state index is 0.00984. The minimum atomic E-state index is -0.134. The number of halogens is 1. The van der Waals surface area contributed by atoms with Crippen LogP contribution in [0.25, 0.3) is 11.2 Å². The molecule has 27 heavy (non-hydrogen) atoms. The molecule has 0 aliphatic heterocycles. The molecule has 4 N–H and O–H groups in total. The second-order valence-electron chi connectivity index (χ2n) is 6.13. The zero-order valence-corrected chi connectivity index (χ0v) is 16.0. The number of phenolic OH excluding ortho intramolecular Hbond substituents is 1. The Labute approximate surface area is 162 Å². The number of para-hydroxylation sites is 1. The molecule has 0 bridgehead atoms. The van der Waals surface area contributed by atoms with Crippen molar-refractivity contribution in [1.29, 1.82) is 0 Å². The van der Waals surface area contributed by atoms with Crippen LogP contribution in [0.1, 0.15) is 25.8 Å². The van der Waals surface area contributed by atoms with Crippen LogP contribution in [0, 0.1) is 0 Å². The van der Waals surface area contributed by atoms with E-state index in [-0.39, 0.29) is 18.4 Å². The maximum Gasteiger partial charge on any atom is 0.227 e. The number of aliphatic hydroxyl groups excluding tert-OH is 1. The zero-order chi connectivity index (χ0) is 19.4. The first-order valence-electron chi connectivity index (χ1n) is 8.87. The van der Waals surface area contributed by atoms with Crippen LogP contribution in [0.15, 0.2) is 24.5 Å². The van der Waals surface area contributed by atoms with Crippen LogP contribution in [0.5, 0.6) is 5.75 Å². The van der Waals surface area contributed by atoms with Gasteiger partial charge < -0.3 is 25.4 Å². The molecule has 0 saturated heterocycles. The number of nitrogens with zero attached hydrogens (tertiary/aromatic N) is 4. The molecule has 0 fully saturated rings. The predicted molar refractivity (Wildman–Crippen MR) is 106 cm³/mol. The van der Waals surface area contributed by atoms with Crippen LogP contribution in [-0.2, 0) is 13.1 Å². The number of rotatable bonds is 8. The van der Waals surface area contributed by atoms with Gasteiger partial charge in [0.05, 0.1) is 24.0 Å². The average Bonchev–Trinajstić information content (AvgIpc) is 3.10. The van der Waals surface area contributed by atoms with Crippen LogP contribution in [0.3, 0.4) is 0 Å². The van der Waals surface area contributed by atoms with Gasteiger partial charge in [-0.25, -0.2) is 4.98 Å². The van der Waals surface area contributed by atoms with Crippen LogP contribution in [0.2, 0.25) is 5.02 Å². The van der Waals surface area contributed by atoms with Crippen molar-refractivity contribution in [2.75, 3.05) is 17.2 Å². The number of aryl methyl sites for hydroxylation is 1. The number of hydrogen-bond acceptors (Lipinski definition) is 7. The lowest BCUT2D eigenvalue weighted by molar-refractivity contribution is 0.271. The first-order valence-corrected chi connectivity index (χ1v) is 9.25. The van der Waals surface area contributed by atoms with Crippen molar-refractivity contribution in [1.82, 2.24) is 19.5 Å². The largest absolute Gasteiger partial charge is 0.506 e. The van der Waals surface area contributed by atoms with Crippen molar-refractivity contribution in [2.45, 2.75) is 39.4 Å². The highest BCUT2D eigenvalue weighted by Crippen LogP contribution is 2.28. The van der Waals surface area contributed by atoms with Crippen molar-refractivity contribution in [3.05, 3.63) is 35.1 Å². The standard InChI is InChI=1S/C18H23ClN6O2/c1-3-12(9-26)22-18-23-16(14-17(24-18)25(4-2)10-21-14)20-8-11-6-5-7-13(19)15(11)27/h5-7,10,12,26-27H,3-4,8-9H2,1-2H3,(H2,20,22,23,24). The predicted octanol–water partition coefficient (Wildman–Crippen LogP) is 3.00. The fourth-order valence-electron chi connectivity index (χ4n) is 2.70. The Morgan fingerprint density at radius 3 is 2.78 bits per heavy atom. The summed E-state index contributed by atoms with van der Waals surface area (Å²) in [5.74, 6) is 0.999. The van der Waals surface area contributed by atoms with Gasteiger partial charge in [-0.1, -0.05) is 30.7 Å². The lowest BCUT2D eigenvalue weighted by Crippen LogP contribution is -2.24. The normalized spacial score (nSPS) is 12.3. The summed E-state index contributed by atoms with van der Waals surface area (Å²) in [4.78, 5) is 13.5. The molecule has 3 aromatic rings. The van der Waals surface area contributed by atoms with Crippen molar-refractivity contribution >= 4 is 34.5 Å². The Morgan fingerprint density at radius 1 is 1.26 bits per heavy atom. The summed E-state index contributed by atoms with van der Waals surface area (Å²) in [6.45, 7) is 5.02. The van der Waals surface area contributed by atoms with E-state index in [1.165, 1.54) is 0 Å². The third-order valence-electron chi connectivity index (χ3n) is 4.37. The lowest BCUT2D eigenvalue weighted by Gasteiger charge is -2.15. The van der Waals surface area contributed by atoms with Crippen LogP contribution >= 0.6 is 11.6 Å². The van der Waals surface area contributed by atoms with Crippen molar-refractivity contribution < 1.29 is 10.2 Å². The monoisotopic (exact) mass is 390 g/mol. The molecule has 0 spiro atoms. The Hall–Kier alpha value is -2.58. The number of aromatic nitrogens is 4. The summed E-state index contributed by atoms with van der Waals surface area (Å²) < 4.78 is 1.92. The van der Waals surface area contributed by atoms with Gasteiger partial charge in [0.25, 0.3) is 0 Å². The summed E-state index contributed by atoms with van der Waals surface area (Å²) in [5.41, 5.74) is 1.99. The highest BCUT2D eigenvalue weighted by atomic mass is 35.5. The van der Waals surface area contributed by atoms with E-state index in [1.54, 1.807) is 24.5 Å². The summed E-state index contributed by atoms with van der Waals surface area (Å²) in [7, 11) is 0. The highest BCUT2D eigenvalue weighted by Gasteiger charge is 2.15. The molecule has 1 atom stereocenters. The number of aliphatic hydroxyl groups is 1. The van der Waals surface area contributed by atoms with Gasteiger partial charge in [-0.3, -0.25) is 0 Å². The number of imidazole rings is 1. The molecule has 8 nitrogen and oxygen atoms in total.